The molecule has 4 nitrogen and oxygen atoms in total. The quantitative estimate of drug-likeness (QED) is 0.879. The van der Waals surface area contributed by atoms with E-state index in [1.54, 1.807) is 6.20 Å². The molecular formula is C15H23N3O. The van der Waals surface area contributed by atoms with Crippen LogP contribution in [-0.2, 0) is 17.8 Å². The summed E-state index contributed by atoms with van der Waals surface area (Å²) in [4.78, 5) is 16.9. The fourth-order valence-electron chi connectivity index (χ4n) is 4.04. The van der Waals surface area contributed by atoms with Gasteiger partial charge in [-0.15, -0.1) is 0 Å². The number of imidazole rings is 1. The van der Waals surface area contributed by atoms with Crippen LogP contribution in [0.1, 0.15) is 38.4 Å². The van der Waals surface area contributed by atoms with E-state index in [9.17, 15) is 4.79 Å². The van der Waals surface area contributed by atoms with Gasteiger partial charge in [0.1, 0.15) is 11.6 Å². The maximum atomic E-state index is 12.5. The van der Waals surface area contributed by atoms with Crippen molar-refractivity contribution in [1.82, 2.24) is 9.55 Å². The first-order chi connectivity index (χ1) is 9.20. The van der Waals surface area contributed by atoms with Gasteiger partial charge in [-0.25, -0.2) is 4.98 Å². The second kappa shape index (κ2) is 5.08. The Balaban J connectivity index is 1.70. The Hall–Kier alpha value is -1.16. The van der Waals surface area contributed by atoms with E-state index >= 15 is 0 Å². The largest absolute Gasteiger partial charge is 0.335 e. The van der Waals surface area contributed by atoms with E-state index < -0.39 is 0 Å². The van der Waals surface area contributed by atoms with Crippen molar-refractivity contribution in [1.29, 1.82) is 0 Å². The molecule has 2 aliphatic carbocycles. The maximum Gasteiger partial charge on any atom is 0.145 e. The number of Topliss-reactive ketones (excluding diaryl/α,β-unsaturated/α-hetero) is 1. The van der Waals surface area contributed by atoms with E-state index in [0.717, 1.165) is 18.8 Å². The van der Waals surface area contributed by atoms with Gasteiger partial charge in [-0.05, 0) is 37.5 Å². The first-order valence-electron chi connectivity index (χ1n) is 7.49. The van der Waals surface area contributed by atoms with Crippen LogP contribution in [0.15, 0.2) is 12.4 Å². The van der Waals surface area contributed by atoms with E-state index in [4.69, 9.17) is 5.73 Å². The molecule has 0 aliphatic heterocycles. The normalized spacial score (nSPS) is 32.9. The van der Waals surface area contributed by atoms with Gasteiger partial charge in [-0.2, -0.15) is 0 Å². The number of rotatable bonds is 5. The number of hydrogen-bond donors (Lipinski definition) is 1. The van der Waals surface area contributed by atoms with E-state index in [1.807, 2.05) is 6.20 Å². The number of nitrogens with zero attached hydrogens (tertiary/aromatic N) is 2. The van der Waals surface area contributed by atoms with Crippen LogP contribution in [0, 0.1) is 17.8 Å². The molecule has 0 radical (unpaired) electrons. The Bertz CT molecular complexity index is 466. The van der Waals surface area contributed by atoms with Gasteiger partial charge < -0.3 is 10.3 Å². The van der Waals surface area contributed by atoms with Gasteiger partial charge in [0.05, 0.1) is 6.42 Å². The number of nitrogens with two attached hydrogens (primary N) is 1. The number of ketones is 1. The standard InChI is InChI=1S/C15H23N3O/c1-2-6-18-7-5-17-13(18)9-12(19)14-10-3-4-11(8-10)15(14)16/h5,7,10-11,14-15H,2-4,6,8-9,16H2,1H3. The van der Waals surface area contributed by atoms with Gasteiger partial charge >= 0.3 is 0 Å². The molecule has 2 bridgehead atoms. The summed E-state index contributed by atoms with van der Waals surface area (Å²) in [5.74, 6) is 2.44. The second-order valence-corrected chi connectivity index (χ2v) is 6.12. The van der Waals surface area contributed by atoms with Crippen LogP contribution in [0.4, 0.5) is 0 Å². The molecule has 1 heterocycles. The highest BCUT2D eigenvalue weighted by Crippen LogP contribution is 2.48. The molecule has 0 saturated heterocycles. The third-order valence-corrected chi connectivity index (χ3v) is 4.95. The molecule has 0 spiro atoms. The second-order valence-electron chi connectivity index (χ2n) is 6.12. The molecule has 2 N–H and O–H groups in total. The van der Waals surface area contributed by atoms with E-state index in [0.29, 0.717) is 24.0 Å². The van der Waals surface area contributed by atoms with E-state index in [1.165, 1.54) is 19.3 Å². The minimum Gasteiger partial charge on any atom is -0.335 e. The average molecular weight is 261 g/mol. The van der Waals surface area contributed by atoms with Crippen LogP contribution in [-0.4, -0.2) is 21.4 Å². The van der Waals surface area contributed by atoms with Crippen LogP contribution in [0.3, 0.4) is 0 Å². The molecule has 4 heteroatoms. The van der Waals surface area contributed by atoms with E-state index in [2.05, 4.69) is 16.5 Å². The van der Waals surface area contributed by atoms with Gasteiger partial charge in [0.2, 0.25) is 0 Å². The van der Waals surface area contributed by atoms with Crippen molar-refractivity contribution in [2.75, 3.05) is 0 Å². The molecule has 0 aromatic carbocycles. The minimum atomic E-state index is 0.0885. The molecule has 2 fully saturated rings. The van der Waals surface area contributed by atoms with Crippen molar-refractivity contribution in [3.05, 3.63) is 18.2 Å². The number of fused-ring (bicyclic) bond motifs is 2. The number of carbonyl (C=O) groups is 1. The number of carbonyl (C=O) groups excluding carboxylic acids is 1. The fraction of sp³-hybridized carbons (Fsp3) is 0.733. The number of hydrogen-bond acceptors (Lipinski definition) is 3. The Morgan fingerprint density at radius 3 is 2.95 bits per heavy atom. The Morgan fingerprint density at radius 1 is 1.47 bits per heavy atom. The van der Waals surface area contributed by atoms with Crippen molar-refractivity contribution in [2.45, 2.75) is 51.6 Å². The summed E-state index contributed by atoms with van der Waals surface area (Å²) >= 11 is 0. The van der Waals surface area contributed by atoms with Gasteiger partial charge in [0, 0.05) is 30.9 Å². The van der Waals surface area contributed by atoms with Crippen molar-refractivity contribution < 1.29 is 4.79 Å². The molecule has 1 aromatic heterocycles. The lowest BCUT2D eigenvalue weighted by Crippen LogP contribution is -2.41. The monoisotopic (exact) mass is 261 g/mol. The zero-order chi connectivity index (χ0) is 13.4. The summed E-state index contributed by atoms with van der Waals surface area (Å²) in [5.41, 5.74) is 6.24. The third-order valence-electron chi connectivity index (χ3n) is 4.95. The summed E-state index contributed by atoms with van der Waals surface area (Å²) < 4.78 is 2.09. The van der Waals surface area contributed by atoms with Crippen LogP contribution >= 0.6 is 0 Å². The molecule has 3 rings (SSSR count). The van der Waals surface area contributed by atoms with E-state index in [-0.39, 0.29) is 12.0 Å². The predicted octanol–water partition coefficient (Wildman–Crippen LogP) is 1.78. The number of aromatic nitrogens is 2. The Morgan fingerprint density at radius 2 is 2.26 bits per heavy atom. The highest BCUT2D eigenvalue weighted by Gasteiger charge is 2.48. The number of aryl methyl sites for hydroxylation is 1. The maximum absolute atomic E-state index is 12.5. The van der Waals surface area contributed by atoms with Gasteiger partial charge in [-0.1, -0.05) is 6.92 Å². The molecule has 0 amide bonds. The zero-order valence-electron chi connectivity index (χ0n) is 11.6. The molecule has 104 valence electrons. The minimum absolute atomic E-state index is 0.0885. The average Bonchev–Trinajstić information content (AvgIpc) is 3.06. The first-order valence-corrected chi connectivity index (χ1v) is 7.49. The lowest BCUT2D eigenvalue weighted by atomic mass is 9.81. The summed E-state index contributed by atoms with van der Waals surface area (Å²) in [6.45, 7) is 3.07. The Labute approximate surface area is 114 Å². The smallest absolute Gasteiger partial charge is 0.145 e. The van der Waals surface area contributed by atoms with Gasteiger partial charge in [0.25, 0.3) is 0 Å². The highest BCUT2D eigenvalue weighted by atomic mass is 16.1. The molecule has 2 saturated carbocycles. The lowest BCUT2D eigenvalue weighted by Gasteiger charge is -2.26. The van der Waals surface area contributed by atoms with Crippen LogP contribution in [0.2, 0.25) is 0 Å². The predicted molar refractivity (Wildman–Crippen MR) is 73.5 cm³/mol. The third kappa shape index (κ3) is 2.22. The first kappa shape index (κ1) is 12.9. The summed E-state index contributed by atoms with van der Waals surface area (Å²) in [5, 5.41) is 0. The van der Waals surface area contributed by atoms with Crippen LogP contribution in [0.25, 0.3) is 0 Å². The molecule has 19 heavy (non-hydrogen) atoms. The van der Waals surface area contributed by atoms with Gasteiger partial charge in [-0.3, -0.25) is 4.79 Å². The van der Waals surface area contributed by atoms with Gasteiger partial charge in [0.15, 0.2) is 0 Å². The van der Waals surface area contributed by atoms with Crippen molar-refractivity contribution >= 4 is 5.78 Å². The highest BCUT2D eigenvalue weighted by molar-refractivity contribution is 5.84. The molecule has 1 aromatic rings. The molecule has 4 unspecified atom stereocenters. The molecular weight excluding hydrogens is 238 g/mol. The molecule has 2 aliphatic rings. The van der Waals surface area contributed by atoms with Crippen molar-refractivity contribution in [3.63, 3.8) is 0 Å². The lowest BCUT2D eigenvalue weighted by molar-refractivity contribution is -0.124. The molecule has 4 atom stereocenters. The summed E-state index contributed by atoms with van der Waals surface area (Å²) in [6.07, 6.45) is 8.85. The topological polar surface area (TPSA) is 60.9 Å². The van der Waals surface area contributed by atoms with Crippen LogP contribution in [0.5, 0.6) is 0 Å². The zero-order valence-corrected chi connectivity index (χ0v) is 11.6. The van der Waals surface area contributed by atoms with Crippen molar-refractivity contribution in [3.8, 4) is 0 Å². The van der Waals surface area contributed by atoms with Crippen LogP contribution < -0.4 is 5.73 Å². The summed E-state index contributed by atoms with van der Waals surface area (Å²) in [6, 6.07) is 0.0980. The fourth-order valence-corrected chi connectivity index (χ4v) is 4.04. The van der Waals surface area contributed by atoms with Crippen molar-refractivity contribution in [2.24, 2.45) is 23.5 Å². The Kier molecular flexibility index (Phi) is 3.44. The SMILES string of the molecule is CCCn1ccnc1CC(=O)C1C2CCC(C2)C1N. The summed E-state index contributed by atoms with van der Waals surface area (Å²) in [7, 11) is 0.